The van der Waals surface area contributed by atoms with Crippen molar-refractivity contribution in [2.45, 2.75) is 32.2 Å². The number of fused-ring (bicyclic) bond motifs is 1. The number of nitrogens with one attached hydrogen (secondary N) is 2. The van der Waals surface area contributed by atoms with E-state index in [0.29, 0.717) is 31.0 Å². The Labute approximate surface area is 146 Å². The maximum atomic E-state index is 12.3. The Bertz CT molecular complexity index is 700. The quantitative estimate of drug-likeness (QED) is 0.684. The Hall–Kier alpha value is -2.41. The topological polar surface area (TPSA) is 105 Å². The van der Waals surface area contributed by atoms with Gasteiger partial charge in [-0.3, -0.25) is 14.4 Å². The number of amides is 3. The molecule has 2 aliphatic rings. The third-order valence-electron chi connectivity index (χ3n) is 4.75. The summed E-state index contributed by atoms with van der Waals surface area (Å²) in [7, 11) is 0. The Morgan fingerprint density at radius 1 is 1.28 bits per heavy atom. The number of hydrogen-bond donors (Lipinski definition) is 3. The number of anilines is 1. The highest BCUT2D eigenvalue weighted by atomic mass is 16.2. The summed E-state index contributed by atoms with van der Waals surface area (Å²) < 4.78 is 0. The minimum atomic E-state index is -0.232. The molecule has 25 heavy (non-hydrogen) atoms. The highest BCUT2D eigenvalue weighted by Crippen LogP contribution is 2.31. The van der Waals surface area contributed by atoms with E-state index in [-0.39, 0.29) is 30.3 Å². The van der Waals surface area contributed by atoms with Crippen LogP contribution < -0.4 is 21.3 Å². The number of rotatable bonds is 6. The van der Waals surface area contributed by atoms with Crippen LogP contribution in [0.4, 0.5) is 5.69 Å². The van der Waals surface area contributed by atoms with Crippen LogP contribution in [0.25, 0.3) is 0 Å². The first-order valence-corrected chi connectivity index (χ1v) is 8.67. The van der Waals surface area contributed by atoms with Crippen LogP contribution in [0.15, 0.2) is 18.2 Å². The third-order valence-corrected chi connectivity index (χ3v) is 4.75. The highest BCUT2D eigenvalue weighted by molar-refractivity contribution is 6.00. The van der Waals surface area contributed by atoms with E-state index in [0.717, 1.165) is 24.1 Å². The van der Waals surface area contributed by atoms with E-state index in [1.165, 1.54) is 6.92 Å². The molecule has 4 N–H and O–H groups in total. The molecule has 134 valence electrons. The average Bonchev–Trinajstić information content (AvgIpc) is 3.36. The van der Waals surface area contributed by atoms with E-state index in [1.807, 2.05) is 6.07 Å². The molecule has 1 fully saturated rings. The summed E-state index contributed by atoms with van der Waals surface area (Å²) in [6.45, 7) is 2.41. The van der Waals surface area contributed by atoms with E-state index >= 15 is 0 Å². The Morgan fingerprint density at radius 3 is 2.72 bits per heavy atom. The monoisotopic (exact) mass is 344 g/mol. The van der Waals surface area contributed by atoms with Crippen molar-refractivity contribution in [1.29, 1.82) is 0 Å². The lowest BCUT2D eigenvalue weighted by molar-refractivity contribution is -0.123. The zero-order valence-electron chi connectivity index (χ0n) is 14.4. The van der Waals surface area contributed by atoms with Gasteiger partial charge in [0.25, 0.3) is 5.91 Å². The van der Waals surface area contributed by atoms with Gasteiger partial charge in [-0.1, -0.05) is 0 Å². The lowest BCUT2D eigenvalue weighted by Crippen LogP contribution is -2.39. The van der Waals surface area contributed by atoms with Crippen LogP contribution in [0, 0.1) is 5.92 Å². The Kier molecular flexibility index (Phi) is 5.03. The first kappa shape index (κ1) is 17.4. The molecule has 0 spiro atoms. The van der Waals surface area contributed by atoms with Crippen molar-refractivity contribution in [3.63, 3.8) is 0 Å². The molecular formula is C18H24N4O3. The fourth-order valence-electron chi connectivity index (χ4n) is 3.10. The van der Waals surface area contributed by atoms with Crippen LogP contribution in [0.1, 0.15) is 35.7 Å². The Morgan fingerprint density at radius 2 is 2.04 bits per heavy atom. The summed E-state index contributed by atoms with van der Waals surface area (Å²) in [5, 5.41) is 5.40. The zero-order valence-corrected chi connectivity index (χ0v) is 14.4. The second-order valence-electron chi connectivity index (χ2n) is 6.76. The van der Waals surface area contributed by atoms with Crippen molar-refractivity contribution in [1.82, 2.24) is 10.6 Å². The second-order valence-corrected chi connectivity index (χ2v) is 6.76. The summed E-state index contributed by atoms with van der Waals surface area (Å²) in [5.74, 6) is 0.0242. The van der Waals surface area contributed by atoms with E-state index in [1.54, 1.807) is 17.0 Å². The minimum absolute atomic E-state index is 0.0178. The SMILES string of the molecule is CC(=O)NCC(=O)N1CCc2cc(C(=O)NCC(N)C3CC3)ccc21. The molecule has 1 atom stereocenters. The molecule has 3 rings (SSSR count). The fraction of sp³-hybridized carbons (Fsp3) is 0.500. The minimum Gasteiger partial charge on any atom is -0.350 e. The number of nitrogens with two attached hydrogens (primary N) is 1. The van der Waals surface area contributed by atoms with Crippen molar-refractivity contribution in [3.05, 3.63) is 29.3 Å². The molecule has 7 heteroatoms. The second kappa shape index (κ2) is 7.23. The molecule has 7 nitrogen and oxygen atoms in total. The van der Waals surface area contributed by atoms with Gasteiger partial charge in [-0.05, 0) is 48.9 Å². The molecule has 1 saturated carbocycles. The molecule has 1 aliphatic heterocycles. The molecule has 0 radical (unpaired) electrons. The maximum Gasteiger partial charge on any atom is 0.251 e. The largest absolute Gasteiger partial charge is 0.350 e. The van der Waals surface area contributed by atoms with Gasteiger partial charge in [0, 0.05) is 37.3 Å². The van der Waals surface area contributed by atoms with Gasteiger partial charge in [0.2, 0.25) is 11.8 Å². The Balaban J connectivity index is 1.61. The summed E-state index contributed by atoms with van der Waals surface area (Å²) in [4.78, 5) is 37.1. The standard InChI is InChI=1S/C18H24N4O3/c1-11(23)20-10-17(24)22-7-6-13-8-14(4-5-16(13)22)18(25)21-9-15(19)12-2-3-12/h4-5,8,12,15H,2-3,6-7,9-10,19H2,1H3,(H,20,23)(H,21,25). The van der Waals surface area contributed by atoms with Gasteiger partial charge in [0.05, 0.1) is 6.54 Å². The molecule has 3 amide bonds. The zero-order chi connectivity index (χ0) is 18.0. The van der Waals surface area contributed by atoms with Crippen LogP contribution >= 0.6 is 0 Å². The van der Waals surface area contributed by atoms with Crippen LogP contribution in [-0.2, 0) is 16.0 Å². The molecular weight excluding hydrogens is 320 g/mol. The van der Waals surface area contributed by atoms with E-state index in [4.69, 9.17) is 5.73 Å². The summed E-state index contributed by atoms with van der Waals surface area (Å²) in [6.07, 6.45) is 3.00. The fourth-order valence-corrected chi connectivity index (χ4v) is 3.10. The third kappa shape index (κ3) is 4.17. The van der Waals surface area contributed by atoms with E-state index < -0.39 is 0 Å². The maximum absolute atomic E-state index is 12.3. The number of hydrogen-bond acceptors (Lipinski definition) is 4. The molecule has 1 aromatic carbocycles. The van der Waals surface area contributed by atoms with Crippen LogP contribution in [0.3, 0.4) is 0 Å². The van der Waals surface area contributed by atoms with E-state index in [9.17, 15) is 14.4 Å². The average molecular weight is 344 g/mol. The molecule has 1 heterocycles. The van der Waals surface area contributed by atoms with Crippen molar-refractivity contribution in [2.75, 3.05) is 24.5 Å². The lowest BCUT2D eigenvalue weighted by Gasteiger charge is -2.18. The van der Waals surface area contributed by atoms with Gasteiger partial charge in [-0.15, -0.1) is 0 Å². The molecule has 0 bridgehead atoms. The van der Waals surface area contributed by atoms with Gasteiger partial charge in [0.15, 0.2) is 0 Å². The summed E-state index contributed by atoms with van der Waals surface area (Å²) in [6, 6.07) is 5.38. The molecule has 0 aromatic heterocycles. The van der Waals surface area contributed by atoms with Gasteiger partial charge < -0.3 is 21.3 Å². The van der Waals surface area contributed by atoms with Gasteiger partial charge >= 0.3 is 0 Å². The van der Waals surface area contributed by atoms with Gasteiger partial charge in [0.1, 0.15) is 0 Å². The number of carbonyl (C=O) groups is 3. The number of nitrogens with zero attached hydrogens (tertiary/aromatic N) is 1. The predicted octanol–water partition coefficient (Wildman–Crippen LogP) is 0.179. The van der Waals surface area contributed by atoms with Crippen molar-refractivity contribution in [3.8, 4) is 0 Å². The highest BCUT2D eigenvalue weighted by Gasteiger charge is 2.29. The van der Waals surface area contributed by atoms with Crippen LogP contribution in [0.2, 0.25) is 0 Å². The molecule has 0 saturated heterocycles. The summed E-state index contributed by atoms with van der Waals surface area (Å²) in [5.41, 5.74) is 8.36. The van der Waals surface area contributed by atoms with E-state index in [2.05, 4.69) is 10.6 Å². The van der Waals surface area contributed by atoms with Gasteiger partial charge in [-0.2, -0.15) is 0 Å². The first-order valence-electron chi connectivity index (χ1n) is 8.67. The van der Waals surface area contributed by atoms with Crippen molar-refractivity contribution in [2.24, 2.45) is 11.7 Å². The molecule has 1 aliphatic carbocycles. The predicted molar refractivity (Wildman–Crippen MR) is 94.2 cm³/mol. The molecule has 1 unspecified atom stereocenters. The van der Waals surface area contributed by atoms with Crippen LogP contribution in [0.5, 0.6) is 0 Å². The van der Waals surface area contributed by atoms with Crippen molar-refractivity contribution < 1.29 is 14.4 Å². The van der Waals surface area contributed by atoms with Crippen molar-refractivity contribution >= 4 is 23.4 Å². The normalized spacial score (nSPS) is 17.0. The first-order chi connectivity index (χ1) is 12.0. The van der Waals surface area contributed by atoms with Gasteiger partial charge in [-0.25, -0.2) is 0 Å². The number of carbonyl (C=O) groups excluding carboxylic acids is 3. The lowest BCUT2D eigenvalue weighted by atomic mass is 10.1. The smallest absolute Gasteiger partial charge is 0.251 e. The molecule has 1 aromatic rings. The summed E-state index contributed by atoms with van der Waals surface area (Å²) >= 11 is 0. The number of benzene rings is 1. The van der Waals surface area contributed by atoms with Crippen LogP contribution in [-0.4, -0.2) is 43.4 Å².